The highest BCUT2D eigenvalue weighted by Gasteiger charge is 2.26. The first-order valence-electron chi connectivity index (χ1n) is 9.03. The number of anilines is 2. The van der Waals surface area contributed by atoms with Gasteiger partial charge < -0.3 is 19.9 Å². The third-order valence-corrected chi connectivity index (χ3v) is 5.78. The molecular weight excluding hydrogens is 429 g/mol. The highest BCUT2D eigenvalue weighted by molar-refractivity contribution is 14.1. The lowest BCUT2D eigenvalue weighted by atomic mass is 10.00. The SMILES string of the molecule is COC1Cc2c(nc(N3CCCCC3)nc2NCCN(C)C)C=C1I. The van der Waals surface area contributed by atoms with E-state index in [0.717, 1.165) is 50.1 Å². The molecule has 0 saturated carbocycles. The number of nitrogens with one attached hydrogen (secondary N) is 1. The number of fused-ring (bicyclic) bond motifs is 1. The molecule has 0 aromatic carbocycles. The standard InChI is InChI=1S/C18H28IN5O/c1-23(2)10-7-20-17-13-11-16(25-3)14(19)12-15(13)21-18(22-17)24-8-5-4-6-9-24/h12,16H,4-11H2,1-3H3,(H,20,21,22). The van der Waals surface area contributed by atoms with Crippen LogP contribution in [0.25, 0.3) is 6.08 Å². The van der Waals surface area contributed by atoms with Crippen LogP contribution in [-0.4, -0.2) is 68.4 Å². The van der Waals surface area contributed by atoms with Crippen molar-refractivity contribution in [1.29, 1.82) is 0 Å². The van der Waals surface area contributed by atoms with Crippen LogP contribution in [0.3, 0.4) is 0 Å². The summed E-state index contributed by atoms with van der Waals surface area (Å²) in [6, 6.07) is 0. The Morgan fingerprint density at radius 3 is 2.72 bits per heavy atom. The van der Waals surface area contributed by atoms with Crippen LogP contribution in [0.1, 0.15) is 30.5 Å². The summed E-state index contributed by atoms with van der Waals surface area (Å²) in [4.78, 5) is 14.3. The molecule has 1 saturated heterocycles. The second kappa shape index (κ2) is 8.64. The Balaban J connectivity index is 1.91. The Labute approximate surface area is 164 Å². The summed E-state index contributed by atoms with van der Waals surface area (Å²) < 4.78 is 6.83. The van der Waals surface area contributed by atoms with Crippen LogP contribution in [0.15, 0.2) is 3.58 Å². The predicted molar refractivity (Wildman–Crippen MR) is 112 cm³/mol. The van der Waals surface area contributed by atoms with E-state index in [9.17, 15) is 0 Å². The molecule has 7 heteroatoms. The first-order valence-corrected chi connectivity index (χ1v) is 10.1. The molecule has 3 rings (SSSR count). The molecule has 1 fully saturated rings. The second-order valence-electron chi connectivity index (χ2n) is 6.97. The number of likely N-dealkylation sites (N-methyl/N-ethyl adjacent to an activating group) is 1. The Kier molecular flexibility index (Phi) is 6.51. The summed E-state index contributed by atoms with van der Waals surface area (Å²) in [5.74, 6) is 1.83. The number of aromatic nitrogens is 2. The monoisotopic (exact) mass is 457 g/mol. The number of nitrogens with zero attached hydrogens (tertiary/aromatic N) is 4. The van der Waals surface area contributed by atoms with Crippen molar-refractivity contribution < 1.29 is 4.74 Å². The fourth-order valence-corrected chi connectivity index (χ4v) is 4.06. The smallest absolute Gasteiger partial charge is 0.227 e. The lowest BCUT2D eigenvalue weighted by Gasteiger charge is -2.29. The summed E-state index contributed by atoms with van der Waals surface area (Å²) in [5, 5.41) is 3.54. The van der Waals surface area contributed by atoms with Crippen LogP contribution in [0.4, 0.5) is 11.8 Å². The summed E-state index contributed by atoms with van der Waals surface area (Å²) in [6.45, 7) is 3.95. The van der Waals surface area contributed by atoms with E-state index in [4.69, 9.17) is 14.7 Å². The lowest BCUT2D eigenvalue weighted by Crippen LogP contribution is -2.32. The molecule has 0 bridgehead atoms. The number of methoxy groups -OCH3 is 1. The minimum absolute atomic E-state index is 0.104. The van der Waals surface area contributed by atoms with Crippen molar-refractivity contribution in [3.8, 4) is 0 Å². The van der Waals surface area contributed by atoms with E-state index >= 15 is 0 Å². The van der Waals surface area contributed by atoms with E-state index in [-0.39, 0.29) is 6.10 Å². The molecule has 6 nitrogen and oxygen atoms in total. The summed E-state index contributed by atoms with van der Waals surface area (Å²) in [5.41, 5.74) is 2.22. The normalized spacial score (nSPS) is 20.4. The molecular formula is C18H28IN5O. The molecule has 1 unspecified atom stereocenters. The van der Waals surface area contributed by atoms with Crippen molar-refractivity contribution in [3.63, 3.8) is 0 Å². The third kappa shape index (κ3) is 4.62. The van der Waals surface area contributed by atoms with Crippen molar-refractivity contribution in [2.75, 3.05) is 57.6 Å². The van der Waals surface area contributed by atoms with Gasteiger partial charge in [0, 0.05) is 48.9 Å². The van der Waals surface area contributed by atoms with E-state index in [0.29, 0.717) is 0 Å². The molecule has 2 heterocycles. The molecule has 0 spiro atoms. The summed E-state index contributed by atoms with van der Waals surface area (Å²) >= 11 is 2.37. The van der Waals surface area contributed by atoms with Crippen molar-refractivity contribution in [2.45, 2.75) is 31.8 Å². The Hall–Kier alpha value is -0.930. The number of hydrogen-bond acceptors (Lipinski definition) is 6. The van der Waals surface area contributed by atoms with Gasteiger partial charge in [0.2, 0.25) is 5.95 Å². The average molecular weight is 457 g/mol. The first-order chi connectivity index (χ1) is 12.1. The van der Waals surface area contributed by atoms with Crippen LogP contribution in [-0.2, 0) is 11.2 Å². The largest absolute Gasteiger partial charge is 0.376 e. The number of ether oxygens (including phenoxy) is 1. The topological polar surface area (TPSA) is 53.5 Å². The quantitative estimate of drug-likeness (QED) is 0.664. The highest BCUT2D eigenvalue weighted by Crippen LogP contribution is 2.33. The molecule has 1 aliphatic heterocycles. The predicted octanol–water partition coefficient (Wildman–Crippen LogP) is 2.79. The molecule has 0 radical (unpaired) electrons. The first kappa shape index (κ1) is 18.8. The lowest BCUT2D eigenvalue weighted by molar-refractivity contribution is 0.139. The van der Waals surface area contributed by atoms with Gasteiger partial charge in [0.25, 0.3) is 0 Å². The molecule has 1 aliphatic carbocycles. The van der Waals surface area contributed by atoms with Gasteiger partial charge in [0.1, 0.15) is 5.82 Å². The minimum Gasteiger partial charge on any atom is -0.376 e. The fourth-order valence-electron chi connectivity index (χ4n) is 3.29. The summed E-state index contributed by atoms with van der Waals surface area (Å²) in [7, 11) is 5.94. The Morgan fingerprint density at radius 2 is 2.04 bits per heavy atom. The van der Waals surface area contributed by atoms with E-state index in [1.54, 1.807) is 7.11 Å². The Bertz CT molecular complexity index is 628. The third-order valence-electron chi connectivity index (χ3n) is 4.77. The molecule has 1 N–H and O–H groups in total. The zero-order chi connectivity index (χ0) is 17.8. The molecule has 1 aromatic rings. The van der Waals surface area contributed by atoms with Gasteiger partial charge in [-0.1, -0.05) is 0 Å². The van der Waals surface area contributed by atoms with Gasteiger partial charge in [-0.3, -0.25) is 0 Å². The van der Waals surface area contributed by atoms with Gasteiger partial charge in [0.05, 0.1) is 11.8 Å². The molecule has 138 valence electrons. The van der Waals surface area contributed by atoms with Crippen LogP contribution < -0.4 is 10.2 Å². The van der Waals surface area contributed by atoms with Gasteiger partial charge >= 0.3 is 0 Å². The zero-order valence-corrected chi connectivity index (χ0v) is 17.5. The number of halogens is 1. The van der Waals surface area contributed by atoms with Crippen molar-refractivity contribution in [2.24, 2.45) is 0 Å². The van der Waals surface area contributed by atoms with Crippen LogP contribution >= 0.6 is 22.6 Å². The molecule has 0 amide bonds. The van der Waals surface area contributed by atoms with E-state index in [2.05, 4.69) is 57.9 Å². The van der Waals surface area contributed by atoms with Crippen molar-refractivity contribution in [1.82, 2.24) is 14.9 Å². The molecule has 25 heavy (non-hydrogen) atoms. The zero-order valence-electron chi connectivity index (χ0n) is 15.4. The average Bonchev–Trinajstić information content (AvgIpc) is 2.61. The maximum Gasteiger partial charge on any atom is 0.227 e. The number of hydrogen-bond donors (Lipinski definition) is 1. The highest BCUT2D eigenvalue weighted by atomic mass is 127. The van der Waals surface area contributed by atoms with Crippen LogP contribution in [0.5, 0.6) is 0 Å². The van der Waals surface area contributed by atoms with Crippen LogP contribution in [0, 0.1) is 0 Å². The molecule has 2 aliphatic rings. The van der Waals surface area contributed by atoms with E-state index in [1.807, 2.05) is 0 Å². The minimum atomic E-state index is 0.104. The van der Waals surface area contributed by atoms with Crippen molar-refractivity contribution >= 4 is 40.4 Å². The number of rotatable bonds is 6. The number of piperidine rings is 1. The van der Waals surface area contributed by atoms with Gasteiger partial charge in [0.15, 0.2) is 0 Å². The van der Waals surface area contributed by atoms with Crippen molar-refractivity contribution in [3.05, 3.63) is 14.8 Å². The van der Waals surface area contributed by atoms with Gasteiger partial charge in [-0.25, -0.2) is 4.98 Å². The molecule has 1 atom stereocenters. The molecule has 1 aromatic heterocycles. The van der Waals surface area contributed by atoms with Gasteiger partial charge in [-0.2, -0.15) is 4.98 Å². The second-order valence-corrected chi connectivity index (χ2v) is 8.22. The fraction of sp³-hybridized carbons (Fsp3) is 0.667. The van der Waals surface area contributed by atoms with Gasteiger partial charge in [-0.05, 0) is 62.0 Å². The van der Waals surface area contributed by atoms with Crippen LogP contribution in [0.2, 0.25) is 0 Å². The van der Waals surface area contributed by atoms with Gasteiger partial charge in [-0.15, -0.1) is 0 Å². The Morgan fingerprint density at radius 1 is 1.28 bits per heavy atom. The maximum atomic E-state index is 5.63. The maximum absolute atomic E-state index is 5.63. The summed E-state index contributed by atoms with van der Waals surface area (Å²) in [6.07, 6.45) is 6.84. The van der Waals surface area contributed by atoms with E-state index < -0.39 is 0 Å². The van der Waals surface area contributed by atoms with E-state index in [1.165, 1.54) is 28.4 Å².